The zero-order valence-corrected chi connectivity index (χ0v) is 5.76. The van der Waals surface area contributed by atoms with E-state index in [1.54, 1.807) is 0 Å². The number of nitrogens with two attached hydrogens (primary N) is 1. The van der Waals surface area contributed by atoms with Crippen molar-refractivity contribution in [3.8, 4) is 0 Å². The molecule has 0 fully saturated rings. The summed E-state index contributed by atoms with van der Waals surface area (Å²) in [6.45, 7) is 3.94. The van der Waals surface area contributed by atoms with Gasteiger partial charge < -0.3 is 0 Å². The molecule has 3 heteroatoms. The molecule has 0 saturated heterocycles. The number of aryl methyl sites for hydroxylation is 1. The van der Waals surface area contributed by atoms with Crippen LogP contribution in [0.3, 0.4) is 0 Å². The molecule has 0 bridgehead atoms. The minimum atomic E-state index is 0.0648. The fourth-order valence-electron chi connectivity index (χ4n) is 0.710. The molecule has 9 heavy (non-hydrogen) atoms. The van der Waals surface area contributed by atoms with Crippen molar-refractivity contribution in [3.05, 3.63) is 18.2 Å². The second kappa shape index (κ2) is 2.19. The van der Waals surface area contributed by atoms with Crippen LogP contribution in [0.1, 0.15) is 18.8 Å². The van der Waals surface area contributed by atoms with E-state index in [-0.39, 0.29) is 6.17 Å². The van der Waals surface area contributed by atoms with Crippen LogP contribution in [-0.2, 0) is 0 Å². The fraction of sp³-hybridized carbons (Fsp3) is 0.500. The quantitative estimate of drug-likeness (QED) is 0.514. The van der Waals surface area contributed by atoms with E-state index in [0.717, 1.165) is 5.69 Å². The zero-order chi connectivity index (χ0) is 6.85. The molecule has 1 rings (SSSR count). The van der Waals surface area contributed by atoms with Gasteiger partial charge in [-0.25, -0.2) is 9.55 Å². The van der Waals surface area contributed by atoms with Gasteiger partial charge in [0.2, 0.25) is 6.33 Å². The lowest BCUT2D eigenvalue weighted by Gasteiger charge is -1.95. The summed E-state index contributed by atoms with van der Waals surface area (Å²) in [5.41, 5.74) is 6.70. The van der Waals surface area contributed by atoms with Gasteiger partial charge in [-0.2, -0.15) is 0 Å². The maximum Gasteiger partial charge on any atom is 0.243 e. The van der Waals surface area contributed by atoms with Gasteiger partial charge in [-0.05, 0) is 6.92 Å². The van der Waals surface area contributed by atoms with Crippen molar-refractivity contribution < 1.29 is 4.57 Å². The highest BCUT2D eigenvalue weighted by atomic mass is 15.1. The molecule has 1 unspecified atom stereocenters. The molecule has 0 aromatic carbocycles. The Morgan fingerprint density at radius 3 is 2.67 bits per heavy atom. The summed E-state index contributed by atoms with van der Waals surface area (Å²) in [7, 11) is 0. The Kier molecular flexibility index (Phi) is 1.53. The SMILES string of the molecule is Cc1c[n+](C(C)N)c[nH]1. The lowest BCUT2D eigenvalue weighted by Crippen LogP contribution is -2.40. The van der Waals surface area contributed by atoms with E-state index >= 15 is 0 Å². The summed E-state index contributed by atoms with van der Waals surface area (Å²) < 4.78 is 1.93. The Morgan fingerprint density at radius 2 is 2.44 bits per heavy atom. The average molecular weight is 126 g/mol. The second-order valence-corrected chi connectivity index (χ2v) is 2.27. The van der Waals surface area contributed by atoms with Crippen LogP contribution in [-0.4, -0.2) is 4.98 Å². The van der Waals surface area contributed by atoms with E-state index in [4.69, 9.17) is 5.73 Å². The smallest absolute Gasteiger partial charge is 0.243 e. The Morgan fingerprint density at radius 1 is 1.78 bits per heavy atom. The van der Waals surface area contributed by atoms with E-state index in [0.29, 0.717) is 0 Å². The minimum absolute atomic E-state index is 0.0648. The van der Waals surface area contributed by atoms with Gasteiger partial charge in [0, 0.05) is 6.92 Å². The zero-order valence-electron chi connectivity index (χ0n) is 5.76. The van der Waals surface area contributed by atoms with E-state index in [2.05, 4.69) is 4.98 Å². The van der Waals surface area contributed by atoms with Gasteiger partial charge in [0.1, 0.15) is 18.1 Å². The normalized spacial score (nSPS) is 13.7. The van der Waals surface area contributed by atoms with Crippen LogP contribution in [0.4, 0.5) is 0 Å². The summed E-state index contributed by atoms with van der Waals surface area (Å²) >= 11 is 0. The number of imidazole rings is 1. The van der Waals surface area contributed by atoms with Gasteiger partial charge in [-0.3, -0.25) is 5.73 Å². The van der Waals surface area contributed by atoms with Gasteiger partial charge in [-0.15, -0.1) is 0 Å². The number of rotatable bonds is 1. The number of hydrogen-bond acceptors (Lipinski definition) is 1. The van der Waals surface area contributed by atoms with E-state index < -0.39 is 0 Å². The van der Waals surface area contributed by atoms with Crippen LogP contribution in [0.15, 0.2) is 12.5 Å². The van der Waals surface area contributed by atoms with E-state index in [9.17, 15) is 0 Å². The third kappa shape index (κ3) is 1.29. The molecular formula is C6H12N3+. The molecule has 3 N–H and O–H groups in total. The lowest BCUT2D eigenvalue weighted by atomic mass is 10.5. The van der Waals surface area contributed by atoms with Crippen molar-refractivity contribution in [2.45, 2.75) is 20.0 Å². The monoisotopic (exact) mass is 126 g/mol. The first-order chi connectivity index (χ1) is 4.20. The largest absolute Gasteiger partial charge is 0.293 e. The summed E-state index contributed by atoms with van der Waals surface area (Å²) in [4.78, 5) is 3.03. The summed E-state index contributed by atoms with van der Waals surface area (Å²) in [6.07, 6.45) is 3.90. The number of nitrogens with zero attached hydrogens (tertiary/aromatic N) is 1. The first-order valence-corrected chi connectivity index (χ1v) is 3.01. The van der Waals surface area contributed by atoms with Crippen LogP contribution in [0.5, 0.6) is 0 Å². The molecule has 1 heterocycles. The summed E-state index contributed by atoms with van der Waals surface area (Å²) in [5.74, 6) is 0. The molecule has 1 aromatic heterocycles. The first kappa shape index (κ1) is 6.29. The Balaban J connectivity index is 2.85. The highest BCUT2D eigenvalue weighted by Gasteiger charge is 2.03. The fourth-order valence-corrected chi connectivity index (χ4v) is 0.710. The first-order valence-electron chi connectivity index (χ1n) is 3.01. The van der Waals surface area contributed by atoms with Crippen LogP contribution >= 0.6 is 0 Å². The number of aromatic nitrogens is 2. The van der Waals surface area contributed by atoms with Crippen LogP contribution < -0.4 is 10.3 Å². The maximum absolute atomic E-state index is 5.57. The van der Waals surface area contributed by atoms with E-state index in [1.165, 1.54) is 0 Å². The molecule has 1 atom stereocenters. The molecular weight excluding hydrogens is 114 g/mol. The molecule has 0 aliphatic carbocycles. The number of aromatic amines is 1. The van der Waals surface area contributed by atoms with Gasteiger partial charge in [-0.1, -0.05) is 0 Å². The van der Waals surface area contributed by atoms with Gasteiger partial charge in [0.15, 0.2) is 0 Å². The van der Waals surface area contributed by atoms with E-state index in [1.807, 2.05) is 30.9 Å². The molecule has 0 saturated carbocycles. The highest BCUT2D eigenvalue weighted by molar-refractivity contribution is 4.82. The maximum atomic E-state index is 5.57. The number of H-pyrrole nitrogens is 1. The van der Waals surface area contributed by atoms with Gasteiger partial charge in [0.25, 0.3) is 0 Å². The predicted octanol–water partition coefficient (Wildman–Crippen LogP) is 0.0878. The molecule has 0 aliphatic rings. The van der Waals surface area contributed by atoms with Crippen molar-refractivity contribution >= 4 is 0 Å². The molecule has 0 amide bonds. The summed E-state index contributed by atoms with van der Waals surface area (Å²) in [6, 6.07) is 0. The van der Waals surface area contributed by atoms with Crippen molar-refractivity contribution in [2.24, 2.45) is 5.73 Å². The third-order valence-electron chi connectivity index (χ3n) is 1.25. The van der Waals surface area contributed by atoms with Gasteiger partial charge in [0.05, 0.1) is 0 Å². The van der Waals surface area contributed by atoms with Crippen LogP contribution in [0.25, 0.3) is 0 Å². The lowest BCUT2D eigenvalue weighted by molar-refractivity contribution is -0.717. The number of hydrogen-bond donors (Lipinski definition) is 2. The Labute approximate surface area is 54.5 Å². The van der Waals surface area contributed by atoms with Gasteiger partial charge >= 0.3 is 0 Å². The standard InChI is InChI=1S/C6H11N3/c1-5-3-9(4-8-5)6(2)7/h3-4,6H,7H2,1-2H3/p+1. The van der Waals surface area contributed by atoms with Crippen molar-refractivity contribution in [3.63, 3.8) is 0 Å². The molecule has 1 aromatic rings. The topological polar surface area (TPSA) is 45.7 Å². The minimum Gasteiger partial charge on any atom is -0.293 e. The molecule has 0 spiro atoms. The van der Waals surface area contributed by atoms with Crippen molar-refractivity contribution in [1.82, 2.24) is 4.98 Å². The molecule has 50 valence electrons. The Bertz CT molecular complexity index is 190. The van der Waals surface area contributed by atoms with Crippen molar-refractivity contribution in [2.75, 3.05) is 0 Å². The molecule has 0 radical (unpaired) electrons. The third-order valence-corrected chi connectivity index (χ3v) is 1.25. The molecule has 0 aliphatic heterocycles. The molecule has 3 nitrogen and oxygen atoms in total. The second-order valence-electron chi connectivity index (χ2n) is 2.27. The Hall–Kier alpha value is -0.830. The highest BCUT2D eigenvalue weighted by Crippen LogP contribution is 1.86. The van der Waals surface area contributed by atoms with Crippen LogP contribution in [0, 0.1) is 6.92 Å². The number of nitrogens with one attached hydrogen (secondary N) is 1. The summed E-state index contributed by atoms with van der Waals surface area (Å²) in [5, 5.41) is 0. The average Bonchev–Trinajstić information content (AvgIpc) is 2.14. The predicted molar refractivity (Wildman–Crippen MR) is 34.6 cm³/mol. The van der Waals surface area contributed by atoms with Crippen LogP contribution in [0.2, 0.25) is 0 Å². The van der Waals surface area contributed by atoms with Crippen molar-refractivity contribution in [1.29, 1.82) is 0 Å².